The number of H-pyrrole nitrogens is 1. The molecule has 0 unspecified atom stereocenters. The fourth-order valence-corrected chi connectivity index (χ4v) is 2.53. The van der Waals surface area contributed by atoms with E-state index in [1.165, 1.54) is 0 Å². The molecule has 3 nitrogen and oxygen atoms in total. The summed E-state index contributed by atoms with van der Waals surface area (Å²) in [7, 11) is 0. The molecule has 0 aliphatic carbocycles. The minimum atomic E-state index is -4.23. The number of nitrogens with one attached hydrogen (secondary N) is 2. The molecule has 21 heavy (non-hydrogen) atoms. The summed E-state index contributed by atoms with van der Waals surface area (Å²) < 4.78 is 38.2. The van der Waals surface area contributed by atoms with Crippen molar-refractivity contribution in [2.24, 2.45) is 5.92 Å². The highest BCUT2D eigenvalue weighted by molar-refractivity contribution is 9.10. The van der Waals surface area contributed by atoms with Crippen molar-refractivity contribution >= 4 is 27.0 Å². The third kappa shape index (κ3) is 4.71. The van der Waals surface area contributed by atoms with Crippen LogP contribution in [-0.4, -0.2) is 22.7 Å². The molecule has 7 heteroatoms. The summed E-state index contributed by atoms with van der Waals surface area (Å²) in [6.45, 7) is 2.92. The van der Waals surface area contributed by atoms with Crippen LogP contribution >= 0.6 is 15.9 Å². The molecule has 1 atom stereocenters. The summed E-state index contributed by atoms with van der Waals surface area (Å²) in [4.78, 5) is 7.51. The molecule has 116 valence electrons. The van der Waals surface area contributed by atoms with Crippen molar-refractivity contribution in [3.63, 3.8) is 0 Å². The Hall–Kier alpha value is -1.08. The van der Waals surface area contributed by atoms with Gasteiger partial charge in [0.05, 0.1) is 23.6 Å². The van der Waals surface area contributed by atoms with Gasteiger partial charge in [0.1, 0.15) is 5.82 Å². The van der Waals surface area contributed by atoms with Crippen LogP contribution in [0.4, 0.5) is 13.2 Å². The monoisotopic (exact) mass is 363 g/mol. The van der Waals surface area contributed by atoms with E-state index in [0.717, 1.165) is 15.5 Å². The lowest BCUT2D eigenvalue weighted by atomic mass is 10.0. The van der Waals surface area contributed by atoms with Crippen LogP contribution in [0.1, 0.15) is 32.1 Å². The zero-order valence-corrected chi connectivity index (χ0v) is 13.3. The number of hydrogen-bond acceptors (Lipinski definition) is 2. The van der Waals surface area contributed by atoms with Crippen LogP contribution in [0.3, 0.4) is 0 Å². The van der Waals surface area contributed by atoms with E-state index in [1.54, 1.807) is 0 Å². The van der Waals surface area contributed by atoms with Crippen molar-refractivity contribution in [3.8, 4) is 0 Å². The van der Waals surface area contributed by atoms with Crippen molar-refractivity contribution < 1.29 is 13.2 Å². The summed E-state index contributed by atoms with van der Waals surface area (Å²) in [6, 6.07) is 5.10. The standard InChI is InChI=1S/C14H17BrF3N3/c1-8(2)5-12(19-7-14(16,17)18)13-20-10-4-3-9(15)6-11(10)21-13/h3-4,6,8,12,19H,5,7H2,1-2H3,(H,20,21)/t12-/m1/s1. The summed E-state index contributed by atoms with van der Waals surface area (Å²) in [5.74, 6) is 0.803. The number of fused-ring (bicyclic) bond motifs is 1. The minimum Gasteiger partial charge on any atom is -0.341 e. The molecule has 0 aliphatic heterocycles. The first-order chi connectivity index (χ1) is 9.74. The van der Waals surface area contributed by atoms with Crippen LogP contribution in [0.15, 0.2) is 22.7 Å². The van der Waals surface area contributed by atoms with Crippen molar-refractivity contribution in [1.82, 2.24) is 15.3 Å². The van der Waals surface area contributed by atoms with Crippen LogP contribution in [0.5, 0.6) is 0 Å². The van der Waals surface area contributed by atoms with Crippen LogP contribution in [0.2, 0.25) is 0 Å². The maximum atomic E-state index is 12.4. The average Bonchev–Trinajstić information content (AvgIpc) is 2.75. The number of aromatic amines is 1. The number of rotatable bonds is 5. The van der Waals surface area contributed by atoms with Gasteiger partial charge in [-0.1, -0.05) is 29.8 Å². The highest BCUT2D eigenvalue weighted by Gasteiger charge is 2.29. The number of benzene rings is 1. The third-order valence-electron chi connectivity index (χ3n) is 3.05. The van der Waals surface area contributed by atoms with Crippen LogP contribution in [0, 0.1) is 5.92 Å². The lowest BCUT2D eigenvalue weighted by Crippen LogP contribution is -2.33. The van der Waals surface area contributed by atoms with Crippen molar-refractivity contribution in [1.29, 1.82) is 0 Å². The number of aromatic nitrogens is 2. The summed E-state index contributed by atoms with van der Waals surface area (Å²) in [5.41, 5.74) is 1.55. The van der Waals surface area contributed by atoms with Gasteiger partial charge in [-0.05, 0) is 30.5 Å². The number of halogens is 4. The van der Waals surface area contributed by atoms with Crippen molar-refractivity contribution in [2.45, 2.75) is 32.5 Å². The molecule has 1 heterocycles. The average molecular weight is 364 g/mol. The van der Waals surface area contributed by atoms with Gasteiger partial charge in [0.25, 0.3) is 0 Å². The number of alkyl halides is 3. The van der Waals surface area contributed by atoms with Gasteiger partial charge in [-0.25, -0.2) is 4.98 Å². The smallest absolute Gasteiger partial charge is 0.341 e. The Bertz CT molecular complexity index is 607. The molecule has 0 amide bonds. The van der Waals surface area contributed by atoms with Gasteiger partial charge in [0.2, 0.25) is 0 Å². The number of imidazole rings is 1. The fourth-order valence-electron chi connectivity index (χ4n) is 2.17. The third-order valence-corrected chi connectivity index (χ3v) is 3.54. The van der Waals surface area contributed by atoms with Crippen LogP contribution in [-0.2, 0) is 0 Å². The van der Waals surface area contributed by atoms with E-state index in [4.69, 9.17) is 0 Å². The first-order valence-electron chi connectivity index (χ1n) is 6.70. The molecule has 2 aromatic rings. The zero-order chi connectivity index (χ0) is 15.6. The van der Waals surface area contributed by atoms with E-state index >= 15 is 0 Å². The molecule has 0 saturated carbocycles. The Kier molecular flexibility index (Phi) is 4.93. The van der Waals surface area contributed by atoms with Gasteiger partial charge in [-0.15, -0.1) is 0 Å². The molecular formula is C14H17BrF3N3. The summed E-state index contributed by atoms with van der Waals surface area (Å²) in [6.07, 6.45) is -3.65. The minimum absolute atomic E-state index is 0.260. The van der Waals surface area contributed by atoms with E-state index in [9.17, 15) is 13.2 Å². The van der Waals surface area contributed by atoms with Gasteiger partial charge in [0, 0.05) is 4.47 Å². The molecule has 1 aromatic carbocycles. The molecule has 0 aliphatic rings. The van der Waals surface area contributed by atoms with Gasteiger partial charge >= 0.3 is 6.18 Å². The van der Waals surface area contributed by atoms with E-state index in [0.29, 0.717) is 12.2 Å². The van der Waals surface area contributed by atoms with Gasteiger partial charge in [-0.3, -0.25) is 5.32 Å². The summed E-state index contributed by atoms with van der Waals surface area (Å²) >= 11 is 3.36. The molecule has 0 saturated heterocycles. The van der Waals surface area contributed by atoms with Crippen molar-refractivity contribution in [3.05, 3.63) is 28.5 Å². The van der Waals surface area contributed by atoms with Crippen molar-refractivity contribution in [2.75, 3.05) is 6.54 Å². The van der Waals surface area contributed by atoms with Gasteiger partial charge in [-0.2, -0.15) is 13.2 Å². The lowest BCUT2D eigenvalue weighted by Gasteiger charge is -2.19. The molecule has 1 aromatic heterocycles. The van der Waals surface area contributed by atoms with Crippen LogP contribution < -0.4 is 5.32 Å². The molecule has 0 bridgehead atoms. The summed E-state index contributed by atoms with van der Waals surface area (Å²) in [5, 5.41) is 2.55. The predicted octanol–water partition coefficient (Wildman–Crippen LogP) is 4.56. The van der Waals surface area contributed by atoms with Crippen LogP contribution in [0.25, 0.3) is 11.0 Å². The second-order valence-corrected chi connectivity index (χ2v) is 6.38. The quantitative estimate of drug-likeness (QED) is 0.816. The fraction of sp³-hybridized carbons (Fsp3) is 0.500. The SMILES string of the molecule is CC(C)C[C@@H](NCC(F)(F)F)c1nc2ccc(Br)cc2[nH]1. The predicted molar refractivity (Wildman–Crippen MR) is 80.0 cm³/mol. The topological polar surface area (TPSA) is 40.7 Å². The molecule has 0 spiro atoms. The molecular weight excluding hydrogens is 347 g/mol. The second kappa shape index (κ2) is 6.36. The first kappa shape index (κ1) is 16.3. The molecule has 0 radical (unpaired) electrons. The lowest BCUT2D eigenvalue weighted by molar-refractivity contribution is -0.126. The number of hydrogen-bond donors (Lipinski definition) is 2. The largest absolute Gasteiger partial charge is 0.401 e. The first-order valence-corrected chi connectivity index (χ1v) is 7.49. The maximum Gasteiger partial charge on any atom is 0.401 e. The normalized spacial score (nSPS) is 14.0. The van der Waals surface area contributed by atoms with E-state index in [-0.39, 0.29) is 5.92 Å². The highest BCUT2D eigenvalue weighted by Crippen LogP contribution is 2.25. The van der Waals surface area contributed by atoms with E-state index in [1.807, 2.05) is 32.0 Å². The Morgan fingerprint density at radius 3 is 2.67 bits per heavy atom. The number of nitrogens with zero attached hydrogens (tertiary/aromatic N) is 1. The van der Waals surface area contributed by atoms with E-state index in [2.05, 4.69) is 31.2 Å². The molecule has 2 N–H and O–H groups in total. The van der Waals surface area contributed by atoms with Gasteiger partial charge < -0.3 is 4.98 Å². The maximum absolute atomic E-state index is 12.4. The molecule has 0 fully saturated rings. The zero-order valence-electron chi connectivity index (χ0n) is 11.8. The Balaban J connectivity index is 2.24. The van der Waals surface area contributed by atoms with Gasteiger partial charge in [0.15, 0.2) is 0 Å². The highest BCUT2D eigenvalue weighted by atomic mass is 79.9. The van der Waals surface area contributed by atoms with E-state index < -0.39 is 18.8 Å². The molecule has 2 rings (SSSR count). The Morgan fingerprint density at radius 1 is 1.33 bits per heavy atom. The Morgan fingerprint density at radius 2 is 2.05 bits per heavy atom. The second-order valence-electron chi connectivity index (χ2n) is 5.46. The Labute approximate surface area is 129 Å².